The fourth-order valence-corrected chi connectivity index (χ4v) is 3.55. The van der Waals surface area contributed by atoms with Crippen LogP contribution < -0.4 is 5.32 Å². The van der Waals surface area contributed by atoms with Gasteiger partial charge < -0.3 is 10.1 Å². The molecule has 0 radical (unpaired) electrons. The second kappa shape index (κ2) is 6.02. The quantitative estimate of drug-likeness (QED) is 0.797. The van der Waals surface area contributed by atoms with Gasteiger partial charge in [0, 0.05) is 12.6 Å². The highest BCUT2D eigenvalue weighted by molar-refractivity contribution is 4.86. The van der Waals surface area contributed by atoms with E-state index in [-0.39, 0.29) is 0 Å². The van der Waals surface area contributed by atoms with Crippen LogP contribution in [0.15, 0.2) is 0 Å². The predicted octanol–water partition coefficient (Wildman–Crippen LogP) is 2.83. The van der Waals surface area contributed by atoms with Crippen molar-refractivity contribution in [1.29, 1.82) is 0 Å². The van der Waals surface area contributed by atoms with Crippen molar-refractivity contribution in [1.82, 2.24) is 5.32 Å². The molecular formula is C14H27NO. The van der Waals surface area contributed by atoms with E-state index in [9.17, 15) is 0 Å². The van der Waals surface area contributed by atoms with Gasteiger partial charge in [-0.05, 0) is 50.5 Å². The third kappa shape index (κ3) is 2.98. The van der Waals surface area contributed by atoms with Gasteiger partial charge in [0.15, 0.2) is 0 Å². The zero-order valence-corrected chi connectivity index (χ0v) is 10.9. The van der Waals surface area contributed by atoms with Gasteiger partial charge in [0.05, 0.1) is 6.61 Å². The lowest BCUT2D eigenvalue weighted by Crippen LogP contribution is -2.44. The number of hydrogen-bond acceptors (Lipinski definition) is 2. The van der Waals surface area contributed by atoms with E-state index in [1.165, 1.54) is 38.5 Å². The lowest BCUT2D eigenvalue weighted by molar-refractivity contribution is 0.0245. The molecule has 2 aliphatic rings. The third-order valence-electron chi connectivity index (χ3n) is 4.61. The van der Waals surface area contributed by atoms with Gasteiger partial charge in [0.2, 0.25) is 0 Å². The molecule has 0 spiro atoms. The van der Waals surface area contributed by atoms with Gasteiger partial charge in [-0.25, -0.2) is 0 Å². The molecule has 2 rings (SSSR count). The fraction of sp³-hybridized carbons (Fsp3) is 1.00. The van der Waals surface area contributed by atoms with Crippen LogP contribution in [0.5, 0.6) is 0 Å². The summed E-state index contributed by atoms with van der Waals surface area (Å²) < 4.78 is 5.64. The third-order valence-corrected chi connectivity index (χ3v) is 4.61. The summed E-state index contributed by atoms with van der Waals surface area (Å²) >= 11 is 0. The van der Waals surface area contributed by atoms with E-state index in [0.29, 0.717) is 6.04 Å². The summed E-state index contributed by atoms with van der Waals surface area (Å²) in [5.74, 6) is 2.61. The van der Waals surface area contributed by atoms with E-state index in [2.05, 4.69) is 19.3 Å². The molecule has 1 saturated carbocycles. The summed E-state index contributed by atoms with van der Waals surface area (Å²) in [6.07, 6.45) is 8.31. The summed E-state index contributed by atoms with van der Waals surface area (Å²) in [5, 5.41) is 3.58. The molecule has 0 amide bonds. The highest BCUT2D eigenvalue weighted by Crippen LogP contribution is 2.34. The van der Waals surface area contributed by atoms with E-state index in [1.807, 2.05) is 0 Å². The lowest BCUT2D eigenvalue weighted by atomic mass is 9.74. The van der Waals surface area contributed by atoms with Gasteiger partial charge in [-0.15, -0.1) is 0 Å². The van der Waals surface area contributed by atoms with Crippen LogP contribution in [0.4, 0.5) is 0 Å². The molecule has 2 fully saturated rings. The standard InChI is InChI=1S/C14H27NO/c1-11-5-7-12(8-6-11)14(15-2)13-4-3-9-16-10-13/h11-15H,3-10H2,1-2H3. The molecule has 2 nitrogen and oxygen atoms in total. The fourth-order valence-electron chi connectivity index (χ4n) is 3.55. The molecule has 1 aliphatic carbocycles. The van der Waals surface area contributed by atoms with E-state index >= 15 is 0 Å². The summed E-state index contributed by atoms with van der Waals surface area (Å²) in [4.78, 5) is 0. The van der Waals surface area contributed by atoms with Crippen molar-refractivity contribution in [2.75, 3.05) is 20.3 Å². The van der Waals surface area contributed by atoms with Crippen LogP contribution in [0, 0.1) is 17.8 Å². The average Bonchev–Trinajstić information content (AvgIpc) is 2.34. The minimum absolute atomic E-state index is 0.702. The smallest absolute Gasteiger partial charge is 0.0509 e. The van der Waals surface area contributed by atoms with Gasteiger partial charge in [-0.3, -0.25) is 0 Å². The Bertz CT molecular complexity index is 193. The molecule has 1 aliphatic heterocycles. The van der Waals surface area contributed by atoms with Crippen molar-refractivity contribution < 1.29 is 4.74 Å². The van der Waals surface area contributed by atoms with Gasteiger partial charge in [0.25, 0.3) is 0 Å². The SMILES string of the molecule is CNC(C1CCC(C)CC1)C1CCCOC1. The van der Waals surface area contributed by atoms with E-state index in [4.69, 9.17) is 4.74 Å². The lowest BCUT2D eigenvalue weighted by Gasteiger charge is -2.38. The van der Waals surface area contributed by atoms with Gasteiger partial charge in [-0.2, -0.15) is 0 Å². The maximum Gasteiger partial charge on any atom is 0.0509 e. The van der Waals surface area contributed by atoms with Crippen LogP contribution in [-0.2, 0) is 4.74 Å². The topological polar surface area (TPSA) is 21.3 Å². The second-order valence-corrected chi connectivity index (χ2v) is 5.81. The van der Waals surface area contributed by atoms with Crippen molar-refractivity contribution in [2.24, 2.45) is 17.8 Å². The monoisotopic (exact) mass is 225 g/mol. The van der Waals surface area contributed by atoms with E-state index < -0.39 is 0 Å². The van der Waals surface area contributed by atoms with Crippen molar-refractivity contribution in [3.63, 3.8) is 0 Å². The molecular weight excluding hydrogens is 198 g/mol. The average molecular weight is 225 g/mol. The molecule has 1 heterocycles. The van der Waals surface area contributed by atoms with Crippen molar-refractivity contribution in [3.8, 4) is 0 Å². The Balaban J connectivity index is 1.88. The highest BCUT2D eigenvalue weighted by Gasteiger charge is 2.31. The summed E-state index contributed by atoms with van der Waals surface area (Å²) in [6.45, 7) is 4.36. The first kappa shape index (κ1) is 12.4. The minimum atomic E-state index is 0.702. The summed E-state index contributed by atoms with van der Waals surface area (Å²) in [5.41, 5.74) is 0. The maximum absolute atomic E-state index is 5.64. The van der Waals surface area contributed by atoms with E-state index in [1.54, 1.807) is 0 Å². The van der Waals surface area contributed by atoms with Crippen LogP contribution >= 0.6 is 0 Å². The molecule has 1 saturated heterocycles. The van der Waals surface area contributed by atoms with Gasteiger partial charge >= 0.3 is 0 Å². The normalized spacial score (nSPS) is 38.2. The molecule has 16 heavy (non-hydrogen) atoms. The number of ether oxygens (including phenoxy) is 1. The number of hydrogen-bond donors (Lipinski definition) is 1. The first-order valence-electron chi connectivity index (χ1n) is 7.06. The molecule has 0 aromatic rings. The molecule has 2 atom stereocenters. The Morgan fingerprint density at radius 2 is 1.81 bits per heavy atom. The van der Waals surface area contributed by atoms with Crippen LogP contribution in [0.25, 0.3) is 0 Å². The minimum Gasteiger partial charge on any atom is -0.381 e. The summed E-state index contributed by atoms with van der Waals surface area (Å²) in [7, 11) is 2.14. The van der Waals surface area contributed by atoms with E-state index in [0.717, 1.165) is 31.0 Å². The van der Waals surface area contributed by atoms with Crippen molar-refractivity contribution in [2.45, 2.75) is 51.5 Å². The maximum atomic E-state index is 5.64. The zero-order valence-electron chi connectivity index (χ0n) is 10.9. The largest absolute Gasteiger partial charge is 0.381 e. The van der Waals surface area contributed by atoms with Crippen molar-refractivity contribution in [3.05, 3.63) is 0 Å². The van der Waals surface area contributed by atoms with Crippen molar-refractivity contribution >= 4 is 0 Å². The predicted molar refractivity (Wildman–Crippen MR) is 67.5 cm³/mol. The molecule has 2 heteroatoms. The Hall–Kier alpha value is -0.0800. The highest BCUT2D eigenvalue weighted by atomic mass is 16.5. The van der Waals surface area contributed by atoms with Gasteiger partial charge in [0.1, 0.15) is 0 Å². The van der Waals surface area contributed by atoms with Crippen LogP contribution in [0.3, 0.4) is 0 Å². The Labute approximate surface area is 100 Å². The first-order valence-corrected chi connectivity index (χ1v) is 7.06. The second-order valence-electron chi connectivity index (χ2n) is 5.81. The Kier molecular flexibility index (Phi) is 4.66. The molecule has 0 aromatic heterocycles. The number of rotatable bonds is 3. The molecule has 2 unspecified atom stereocenters. The Morgan fingerprint density at radius 1 is 1.06 bits per heavy atom. The first-order chi connectivity index (χ1) is 7.81. The number of nitrogens with one attached hydrogen (secondary N) is 1. The summed E-state index contributed by atoms with van der Waals surface area (Å²) in [6, 6.07) is 0.702. The Morgan fingerprint density at radius 3 is 2.38 bits per heavy atom. The molecule has 94 valence electrons. The van der Waals surface area contributed by atoms with Crippen LogP contribution in [0.2, 0.25) is 0 Å². The molecule has 0 bridgehead atoms. The zero-order chi connectivity index (χ0) is 11.4. The van der Waals surface area contributed by atoms with Gasteiger partial charge in [-0.1, -0.05) is 19.8 Å². The molecule has 0 aromatic carbocycles. The van der Waals surface area contributed by atoms with Crippen LogP contribution in [-0.4, -0.2) is 26.3 Å². The molecule has 1 N–H and O–H groups in total. The van der Waals surface area contributed by atoms with Crippen LogP contribution in [0.1, 0.15) is 45.4 Å².